The minimum atomic E-state index is -0.105. The molecule has 1 unspecified atom stereocenters. The van der Waals surface area contributed by atoms with Crippen molar-refractivity contribution >= 4 is 22.6 Å². The van der Waals surface area contributed by atoms with E-state index < -0.39 is 0 Å². The van der Waals surface area contributed by atoms with E-state index in [9.17, 15) is 4.39 Å². The van der Waals surface area contributed by atoms with Gasteiger partial charge in [-0.2, -0.15) is 0 Å². The van der Waals surface area contributed by atoms with E-state index in [-0.39, 0.29) is 11.9 Å². The zero-order valence-corrected chi connectivity index (χ0v) is 14.2. The van der Waals surface area contributed by atoms with E-state index in [2.05, 4.69) is 59.1 Å². The molecule has 1 N–H and O–H groups in total. The first kappa shape index (κ1) is 15.4. The Kier molecular flexibility index (Phi) is 5.16. The number of aryl methyl sites for hydroxylation is 2. The van der Waals surface area contributed by atoms with Crippen LogP contribution in [0, 0.1) is 23.2 Å². The molecule has 20 heavy (non-hydrogen) atoms. The zero-order valence-electron chi connectivity index (χ0n) is 12.0. The van der Waals surface area contributed by atoms with Crippen molar-refractivity contribution in [3.05, 3.63) is 68.0 Å². The van der Waals surface area contributed by atoms with Gasteiger partial charge in [-0.25, -0.2) is 4.39 Å². The van der Waals surface area contributed by atoms with E-state index in [0.29, 0.717) is 11.1 Å². The van der Waals surface area contributed by atoms with Gasteiger partial charge in [0.25, 0.3) is 0 Å². The van der Waals surface area contributed by atoms with Gasteiger partial charge in [0.1, 0.15) is 5.82 Å². The Bertz CT molecular complexity index is 569. The van der Waals surface area contributed by atoms with Crippen LogP contribution in [-0.4, -0.2) is 6.54 Å². The van der Waals surface area contributed by atoms with Gasteiger partial charge < -0.3 is 5.32 Å². The topological polar surface area (TPSA) is 12.0 Å². The fourth-order valence-electron chi connectivity index (χ4n) is 2.43. The lowest BCUT2D eigenvalue weighted by Crippen LogP contribution is -2.22. The molecular weight excluding hydrogens is 364 g/mol. The summed E-state index contributed by atoms with van der Waals surface area (Å²) in [6, 6.07) is 12.4. The van der Waals surface area contributed by atoms with Crippen LogP contribution in [0.5, 0.6) is 0 Å². The van der Waals surface area contributed by atoms with Crippen molar-refractivity contribution in [3.63, 3.8) is 0 Å². The van der Waals surface area contributed by atoms with Crippen molar-refractivity contribution < 1.29 is 4.39 Å². The van der Waals surface area contributed by atoms with Crippen LogP contribution in [0.3, 0.4) is 0 Å². The third kappa shape index (κ3) is 3.38. The molecule has 0 saturated heterocycles. The number of benzene rings is 2. The van der Waals surface area contributed by atoms with Gasteiger partial charge in [0.05, 0.1) is 6.04 Å². The minimum Gasteiger partial charge on any atom is -0.307 e. The average Bonchev–Trinajstić information content (AvgIpc) is 2.43. The number of hydrogen-bond acceptors (Lipinski definition) is 1. The van der Waals surface area contributed by atoms with E-state index >= 15 is 0 Å². The van der Waals surface area contributed by atoms with Crippen LogP contribution in [0.2, 0.25) is 0 Å². The first-order valence-corrected chi connectivity index (χ1v) is 7.86. The van der Waals surface area contributed by atoms with E-state index in [1.807, 2.05) is 26.0 Å². The molecular formula is C17H19FIN. The summed E-state index contributed by atoms with van der Waals surface area (Å²) in [7, 11) is 0. The molecule has 2 aromatic rings. The van der Waals surface area contributed by atoms with Crippen molar-refractivity contribution in [2.45, 2.75) is 26.8 Å². The summed E-state index contributed by atoms with van der Waals surface area (Å²) >= 11 is 2.30. The Labute approximate surface area is 133 Å². The zero-order chi connectivity index (χ0) is 14.7. The largest absolute Gasteiger partial charge is 0.307 e. The molecule has 1 atom stereocenters. The molecule has 3 heteroatoms. The maximum absolute atomic E-state index is 13.8. The molecule has 0 fully saturated rings. The highest BCUT2D eigenvalue weighted by Gasteiger charge is 2.15. The molecule has 0 saturated carbocycles. The van der Waals surface area contributed by atoms with Crippen LogP contribution in [-0.2, 0) is 0 Å². The summed E-state index contributed by atoms with van der Waals surface area (Å²) in [5, 5.41) is 3.48. The molecule has 0 aromatic heterocycles. The summed E-state index contributed by atoms with van der Waals surface area (Å²) in [4.78, 5) is 0. The molecule has 0 radical (unpaired) electrons. The Balaban J connectivity index is 2.45. The standard InChI is InChI=1S/C17H19FIN/c1-4-20-17(13-5-7-15(19)8-6-13)14-9-11(2)16(18)12(3)10-14/h5-10,17,20H,4H2,1-3H3. The van der Waals surface area contributed by atoms with Crippen LogP contribution in [0.4, 0.5) is 4.39 Å². The lowest BCUT2D eigenvalue weighted by molar-refractivity contribution is 0.598. The number of rotatable bonds is 4. The maximum Gasteiger partial charge on any atom is 0.129 e. The second kappa shape index (κ2) is 6.68. The summed E-state index contributed by atoms with van der Waals surface area (Å²) in [6.07, 6.45) is 0. The fraction of sp³-hybridized carbons (Fsp3) is 0.294. The highest BCUT2D eigenvalue weighted by molar-refractivity contribution is 14.1. The summed E-state index contributed by atoms with van der Waals surface area (Å²) in [5.41, 5.74) is 3.73. The monoisotopic (exact) mass is 383 g/mol. The van der Waals surface area contributed by atoms with Gasteiger partial charge in [0.2, 0.25) is 0 Å². The van der Waals surface area contributed by atoms with Crippen molar-refractivity contribution in [2.75, 3.05) is 6.54 Å². The van der Waals surface area contributed by atoms with Crippen molar-refractivity contribution in [3.8, 4) is 0 Å². The Morgan fingerprint density at radius 2 is 1.60 bits per heavy atom. The molecule has 106 valence electrons. The predicted octanol–water partition coefficient (Wildman–Crippen LogP) is 4.75. The highest BCUT2D eigenvalue weighted by Crippen LogP contribution is 2.26. The van der Waals surface area contributed by atoms with E-state index in [4.69, 9.17) is 0 Å². The van der Waals surface area contributed by atoms with Gasteiger partial charge in [-0.1, -0.05) is 31.2 Å². The Hall–Kier alpha value is -0.940. The minimum absolute atomic E-state index is 0.105. The molecule has 0 aliphatic rings. The molecule has 0 spiro atoms. The van der Waals surface area contributed by atoms with Crippen LogP contribution in [0.25, 0.3) is 0 Å². The predicted molar refractivity (Wildman–Crippen MR) is 90.6 cm³/mol. The van der Waals surface area contributed by atoms with Crippen LogP contribution in [0.1, 0.15) is 35.2 Å². The quantitative estimate of drug-likeness (QED) is 0.752. The second-order valence-corrected chi connectivity index (χ2v) is 6.26. The SMILES string of the molecule is CCNC(c1ccc(I)cc1)c1cc(C)c(F)c(C)c1. The lowest BCUT2D eigenvalue weighted by Gasteiger charge is -2.20. The lowest BCUT2D eigenvalue weighted by atomic mass is 9.95. The van der Waals surface area contributed by atoms with Crippen LogP contribution >= 0.6 is 22.6 Å². The normalized spacial score (nSPS) is 12.4. The molecule has 2 aromatic carbocycles. The number of nitrogens with one attached hydrogen (secondary N) is 1. The third-order valence-electron chi connectivity index (χ3n) is 3.40. The molecule has 1 nitrogen and oxygen atoms in total. The van der Waals surface area contributed by atoms with Crippen LogP contribution < -0.4 is 5.32 Å². The molecule has 0 heterocycles. The molecule has 0 aliphatic heterocycles. The molecule has 0 bridgehead atoms. The van der Waals surface area contributed by atoms with Crippen LogP contribution in [0.15, 0.2) is 36.4 Å². The van der Waals surface area contributed by atoms with E-state index in [0.717, 1.165) is 12.1 Å². The first-order chi connectivity index (χ1) is 9.52. The molecule has 2 rings (SSSR count). The smallest absolute Gasteiger partial charge is 0.129 e. The van der Waals surface area contributed by atoms with Gasteiger partial charge in [0, 0.05) is 3.57 Å². The first-order valence-electron chi connectivity index (χ1n) is 6.78. The number of hydrogen-bond donors (Lipinski definition) is 1. The van der Waals surface area contributed by atoms with E-state index in [1.165, 1.54) is 9.13 Å². The van der Waals surface area contributed by atoms with E-state index in [1.54, 1.807) is 0 Å². The summed E-state index contributed by atoms with van der Waals surface area (Å²) in [5.74, 6) is -0.105. The molecule has 0 amide bonds. The fourth-order valence-corrected chi connectivity index (χ4v) is 2.79. The van der Waals surface area contributed by atoms with Gasteiger partial charge in [-0.3, -0.25) is 0 Å². The Morgan fingerprint density at radius 1 is 1.05 bits per heavy atom. The second-order valence-electron chi connectivity index (χ2n) is 5.01. The Morgan fingerprint density at radius 3 is 2.10 bits per heavy atom. The summed E-state index contributed by atoms with van der Waals surface area (Å²) in [6.45, 7) is 6.60. The number of halogens is 2. The summed E-state index contributed by atoms with van der Waals surface area (Å²) < 4.78 is 15.0. The van der Waals surface area contributed by atoms with Crippen molar-refractivity contribution in [1.29, 1.82) is 0 Å². The highest BCUT2D eigenvalue weighted by atomic mass is 127. The maximum atomic E-state index is 13.8. The van der Waals surface area contributed by atoms with Gasteiger partial charge in [0.15, 0.2) is 0 Å². The third-order valence-corrected chi connectivity index (χ3v) is 4.12. The van der Waals surface area contributed by atoms with Gasteiger partial charge in [-0.15, -0.1) is 0 Å². The van der Waals surface area contributed by atoms with Gasteiger partial charge in [-0.05, 0) is 77.4 Å². The van der Waals surface area contributed by atoms with Gasteiger partial charge >= 0.3 is 0 Å². The molecule has 0 aliphatic carbocycles. The van der Waals surface area contributed by atoms with Crippen molar-refractivity contribution in [2.24, 2.45) is 0 Å². The van der Waals surface area contributed by atoms with Crippen molar-refractivity contribution in [1.82, 2.24) is 5.32 Å². The average molecular weight is 383 g/mol.